The highest BCUT2D eigenvalue weighted by molar-refractivity contribution is 9.09. The molecule has 0 aliphatic carbocycles. The molecule has 1 N–H and O–H groups in total. The number of hydrogen-bond acceptors (Lipinski definition) is 2. The van der Waals surface area contributed by atoms with Crippen LogP contribution in [0.3, 0.4) is 0 Å². The van der Waals surface area contributed by atoms with Crippen LogP contribution >= 0.6 is 15.9 Å². The van der Waals surface area contributed by atoms with Crippen molar-refractivity contribution in [2.45, 2.75) is 13.3 Å². The van der Waals surface area contributed by atoms with E-state index in [1.807, 2.05) is 14.0 Å². The highest BCUT2D eigenvalue weighted by Crippen LogP contribution is 2.04. The number of halogens is 1. The molecule has 0 fully saturated rings. The van der Waals surface area contributed by atoms with Crippen molar-refractivity contribution in [3.05, 3.63) is 17.5 Å². The third-order valence-corrected chi connectivity index (χ3v) is 2.64. The summed E-state index contributed by atoms with van der Waals surface area (Å²) in [6.45, 7) is 2.57. The zero-order valence-electron chi connectivity index (χ0n) is 8.38. The van der Waals surface area contributed by atoms with Gasteiger partial charge in [0.15, 0.2) is 0 Å². The first-order valence-electron chi connectivity index (χ1n) is 4.49. The van der Waals surface area contributed by atoms with Gasteiger partial charge in [0.05, 0.1) is 11.8 Å². The molecular formula is C9H14BrN3O. The molecule has 0 aromatic carbocycles. The van der Waals surface area contributed by atoms with E-state index in [1.165, 1.54) is 0 Å². The van der Waals surface area contributed by atoms with Crippen LogP contribution in [0.1, 0.15) is 22.5 Å². The van der Waals surface area contributed by atoms with Crippen LogP contribution in [0.2, 0.25) is 0 Å². The minimum Gasteiger partial charge on any atom is -0.352 e. The fourth-order valence-electron chi connectivity index (χ4n) is 1.09. The van der Waals surface area contributed by atoms with E-state index in [1.54, 1.807) is 10.9 Å². The molecule has 0 saturated heterocycles. The van der Waals surface area contributed by atoms with E-state index in [0.717, 1.165) is 17.4 Å². The van der Waals surface area contributed by atoms with Crippen LogP contribution in [0.15, 0.2) is 6.20 Å². The van der Waals surface area contributed by atoms with Gasteiger partial charge in [-0.2, -0.15) is 5.10 Å². The maximum Gasteiger partial charge on any atom is 0.254 e. The average Bonchev–Trinajstić information content (AvgIpc) is 2.48. The second-order valence-corrected chi connectivity index (χ2v) is 3.86. The van der Waals surface area contributed by atoms with E-state index in [2.05, 4.69) is 26.3 Å². The molecule has 0 bridgehead atoms. The molecule has 5 heteroatoms. The van der Waals surface area contributed by atoms with Crippen LogP contribution in [0.25, 0.3) is 0 Å². The van der Waals surface area contributed by atoms with Crippen LogP contribution in [0.4, 0.5) is 0 Å². The van der Waals surface area contributed by atoms with Crippen molar-refractivity contribution in [3.8, 4) is 0 Å². The summed E-state index contributed by atoms with van der Waals surface area (Å²) in [6, 6.07) is 0. The summed E-state index contributed by atoms with van der Waals surface area (Å²) in [7, 11) is 1.82. The highest BCUT2D eigenvalue weighted by atomic mass is 79.9. The summed E-state index contributed by atoms with van der Waals surface area (Å²) >= 11 is 3.31. The first-order chi connectivity index (χ1) is 6.66. The van der Waals surface area contributed by atoms with Gasteiger partial charge in [0, 0.05) is 24.6 Å². The third kappa shape index (κ3) is 2.57. The van der Waals surface area contributed by atoms with Crippen LogP contribution in [0, 0.1) is 6.92 Å². The van der Waals surface area contributed by atoms with Crippen LogP contribution in [0.5, 0.6) is 0 Å². The van der Waals surface area contributed by atoms with Gasteiger partial charge in [-0.25, -0.2) is 0 Å². The Labute approximate surface area is 91.8 Å². The van der Waals surface area contributed by atoms with Gasteiger partial charge < -0.3 is 5.32 Å². The Morgan fingerprint density at radius 1 is 1.71 bits per heavy atom. The van der Waals surface area contributed by atoms with Crippen molar-refractivity contribution in [2.24, 2.45) is 7.05 Å². The van der Waals surface area contributed by atoms with Crippen molar-refractivity contribution in [1.29, 1.82) is 0 Å². The Bertz CT molecular complexity index is 322. The molecule has 1 rings (SSSR count). The van der Waals surface area contributed by atoms with Gasteiger partial charge in [-0.05, 0) is 13.3 Å². The number of alkyl halides is 1. The lowest BCUT2D eigenvalue weighted by Gasteiger charge is -2.02. The number of nitrogens with zero attached hydrogens (tertiary/aromatic N) is 2. The Balaban J connectivity index is 2.56. The number of aromatic nitrogens is 2. The number of aryl methyl sites for hydroxylation is 1. The Hall–Kier alpha value is -0.840. The molecule has 0 saturated carbocycles. The van der Waals surface area contributed by atoms with Gasteiger partial charge in [-0.15, -0.1) is 0 Å². The molecule has 1 amide bonds. The van der Waals surface area contributed by atoms with Gasteiger partial charge >= 0.3 is 0 Å². The summed E-state index contributed by atoms with van der Waals surface area (Å²) in [6.07, 6.45) is 2.53. The van der Waals surface area contributed by atoms with Crippen molar-refractivity contribution >= 4 is 21.8 Å². The molecule has 0 atom stereocenters. The van der Waals surface area contributed by atoms with Crippen molar-refractivity contribution in [2.75, 3.05) is 11.9 Å². The SMILES string of the molecule is Cc1c(C(=O)NCCCBr)cnn1C. The van der Waals surface area contributed by atoms with Crippen LogP contribution < -0.4 is 5.32 Å². The van der Waals surface area contributed by atoms with E-state index >= 15 is 0 Å². The smallest absolute Gasteiger partial charge is 0.254 e. The van der Waals surface area contributed by atoms with E-state index in [-0.39, 0.29) is 5.91 Å². The number of carbonyl (C=O) groups is 1. The Morgan fingerprint density at radius 2 is 2.43 bits per heavy atom. The lowest BCUT2D eigenvalue weighted by molar-refractivity contribution is 0.0953. The molecule has 1 aromatic rings. The monoisotopic (exact) mass is 259 g/mol. The maximum atomic E-state index is 11.6. The highest BCUT2D eigenvalue weighted by Gasteiger charge is 2.11. The number of amides is 1. The minimum atomic E-state index is -0.0449. The molecule has 1 aromatic heterocycles. The number of carbonyl (C=O) groups excluding carboxylic acids is 1. The van der Waals surface area contributed by atoms with Crippen LogP contribution in [-0.4, -0.2) is 27.6 Å². The lowest BCUT2D eigenvalue weighted by atomic mass is 10.2. The molecule has 78 valence electrons. The molecule has 0 radical (unpaired) electrons. The molecule has 0 aliphatic heterocycles. The molecule has 4 nitrogen and oxygen atoms in total. The first-order valence-corrected chi connectivity index (χ1v) is 5.61. The van der Waals surface area contributed by atoms with Gasteiger partial charge in [-0.3, -0.25) is 9.48 Å². The number of nitrogens with one attached hydrogen (secondary N) is 1. The van der Waals surface area contributed by atoms with E-state index in [0.29, 0.717) is 12.1 Å². The topological polar surface area (TPSA) is 46.9 Å². The quantitative estimate of drug-likeness (QED) is 0.654. The van der Waals surface area contributed by atoms with Gasteiger partial charge in [0.2, 0.25) is 0 Å². The fourth-order valence-corrected chi connectivity index (χ4v) is 1.37. The predicted octanol–water partition coefficient (Wildman–Crippen LogP) is 1.24. The second-order valence-electron chi connectivity index (χ2n) is 3.07. The number of hydrogen-bond donors (Lipinski definition) is 1. The van der Waals surface area contributed by atoms with Crippen molar-refractivity contribution in [1.82, 2.24) is 15.1 Å². The molecule has 0 spiro atoms. The molecule has 1 heterocycles. The lowest BCUT2D eigenvalue weighted by Crippen LogP contribution is -2.25. The zero-order chi connectivity index (χ0) is 10.6. The van der Waals surface area contributed by atoms with Crippen molar-refractivity contribution < 1.29 is 4.79 Å². The van der Waals surface area contributed by atoms with Crippen molar-refractivity contribution in [3.63, 3.8) is 0 Å². The first kappa shape index (κ1) is 11.2. The average molecular weight is 260 g/mol. The second kappa shape index (κ2) is 5.14. The van der Waals surface area contributed by atoms with E-state index in [9.17, 15) is 4.79 Å². The normalized spacial score (nSPS) is 10.2. The number of rotatable bonds is 4. The standard InChI is InChI=1S/C9H14BrN3O/c1-7-8(6-12-13(7)2)9(14)11-5-3-4-10/h6H,3-5H2,1-2H3,(H,11,14). The molecule has 0 aliphatic rings. The molecule has 14 heavy (non-hydrogen) atoms. The zero-order valence-corrected chi connectivity index (χ0v) is 9.97. The van der Waals surface area contributed by atoms with Gasteiger partial charge in [0.1, 0.15) is 0 Å². The Kier molecular flexibility index (Phi) is 4.13. The minimum absolute atomic E-state index is 0.0449. The summed E-state index contributed by atoms with van der Waals surface area (Å²) < 4.78 is 1.69. The van der Waals surface area contributed by atoms with Gasteiger partial charge in [0.25, 0.3) is 5.91 Å². The van der Waals surface area contributed by atoms with E-state index < -0.39 is 0 Å². The van der Waals surface area contributed by atoms with E-state index in [4.69, 9.17) is 0 Å². The fraction of sp³-hybridized carbons (Fsp3) is 0.556. The Morgan fingerprint density at radius 3 is 2.93 bits per heavy atom. The van der Waals surface area contributed by atoms with Crippen LogP contribution in [-0.2, 0) is 7.05 Å². The summed E-state index contributed by atoms with van der Waals surface area (Å²) in [4.78, 5) is 11.6. The molecular weight excluding hydrogens is 246 g/mol. The third-order valence-electron chi connectivity index (χ3n) is 2.08. The predicted molar refractivity (Wildman–Crippen MR) is 58.7 cm³/mol. The largest absolute Gasteiger partial charge is 0.352 e. The van der Waals surface area contributed by atoms with Gasteiger partial charge in [-0.1, -0.05) is 15.9 Å². The molecule has 0 unspecified atom stereocenters. The summed E-state index contributed by atoms with van der Waals surface area (Å²) in [5, 5.41) is 7.75. The summed E-state index contributed by atoms with van der Waals surface area (Å²) in [5.41, 5.74) is 1.54. The maximum absolute atomic E-state index is 11.6. The summed E-state index contributed by atoms with van der Waals surface area (Å²) in [5.74, 6) is -0.0449.